The van der Waals surface area contributed by atoms with Crippen molar-refractivity contribution in [3.63, 3.8) is 0 Å². The molecule has 0 spiro atoms. The van der Waals surface area contributed by atoms with E-state index < -0.39 is 6.10 Å². The Morgan fingerprint density at radius 3 is 2.27 bits per heavy atom. The Hall–Kier alpha value is -2.81. The molecule has 30 heavy (non-hydrogen) atoms. The van der Waals surface area contributed by atoms with Crippen molar-refractivity contribution in [2.45, 2.75) is 20.0 Å². The normalized spacial score (nSPS) is 11.5. The van der Waals surface area contributed by atoms with Crippen molar-refractivity contribution >= 4 is 34.8 Å². The Bertz CT molecular complexity index is 845. The smallest absolute Gasteiger partial charge is 0.221 e. The quantitative estimate of drug-likeness (QED) is 0.404. The van der Waals surface area contributed by atoms with Gasteiger partial charge in [0.15, 0.2) is 0 Å². The molecule has 2 rings (SSSR count). The molecule has 2 amide bonds. The van der Waals surface area contributed by atoms with Crippen molar-refractivity contribution < 1.29 is 24.2 Å². The average Bonchev–Trinajstić information content (AvgIpc) is 2.67. The fraction of sp³-hybridized carbons (Fsp3) is 0.333. The van der Waals surface area contributed by atoms with Crippen LogP contribution >= 0.6 is 11.6 Å². The number of hydrogen-bond acceptors (Lipinski definition) is 6. The van der Waals surface area contributed by atoms with Gasteiger partial charge in [0.25, 0.3) is 0 Å². The Morgan fingerprint density at radius 2 is 1.63 bits per heavy atom. The monoisotopic (exact) mass is 435 g/mol. The highest BCUT2D eigenvalue weighted by Gasteiger charge is 2.08. The van der Waals surface area contributed by atoms with Crippen LogP contribution in [0.2, 0.25) is 5.02 Å². The van der Waals surface area contributed by atoms with Crippen LogP contribution in [0.3, 0.4) is 0 Å². The lowest BCUT2D eigenvalue weighted by molar-refractivity contribution is -0.115. The number of benzene rings is 2. The van der Waals surface area contributed by atoms with E-state index in [1.54, 1.807) is 42.5 Å². The number of ether oxygens (including phenoxy) is 2. The molecule has 1 unspecified atom stereocenters. The predicted octanol–water partition coefficient (Wildman–Crippen LogP) is 2.67. The molecule has 1 atom stereocenters. The zero-order chi connectivity index (χ0) is 21.9. The molecule has 0 saturated carbocycles. The highest BCUT2D eigenvalue weighted by molar-refractivity contribution is 6.32. The first-order chi connectivity index (χ1) is 14.3. The van der Waals surface area contributed by atoms with Gasteiger partial charge in [-0.2, -0.15) is 0 Å². The number of carbonyl (C=O) groups excluding carboxylic acids is 2. The van der Waals surface area contributed by atoms with Gasteiger partial charge >= 0.3 is 0 Å². The van der Waals surface area contributed by atoms with Crippen molar-refractivity contribution in [2.75, 3.05) is 36.9 Å². The SMILES string of the molecule is CC(=O)Nc1ccc(OCCNCC(O)COc2ccc(NC(C)=O)cc2Cl)cc1. The van der Waals surface area contributed by atoms with Gasteiger partial charge in [0.2, 0.25) is 11.8 Å². The maximum Gasteiger partial charge on any atom is 0.221 e. The van der Waals surface area contributed by atoms with Gasteiger partial charge in [-0.15, -0.1) is 0 Å². The van der Waals surface area contributed by atoms with E-state index in [4.69, 9.17) is 21.1 Å². The van der Waals surface area contributed by atoms with E-state index >= 15 is 0 Å². The second kappa shape index (κ2) is 12.0. The minimum absolute atomic E-state index is 0.0671. The van der Waals surface area contributed by atoms with Crippen LogP contribution in [0.25, 0.3) is 0 Å². The molecular formula is C21H26ClN3O5. The zero-order valence-electron chi connectivity index (χ0n) is 16.9. The molecule has 4 N–H and O–H groups in total. The summed E-state index contributed by atoms with van der Waals surface area (Å²) >= 11 is 6.12. The largest absolute Gasteiger partial charge is 0.492 e. The lowest BCUT2D eigenvalue weighted by atomic mass is 10.3. The fourth-order valence-electron chi connectivity index (χ4n) is 2.49. The van der Waals surface area contributed by atoms with Crippen molar-refractivity contribution in [3.05, 3.63) is 47.5 Å². The van der Waals surface area contributed by atoms with Gasteiger partial charge in [0.05, 0.1) is 5.02 Å². The van der Waals surface area contributed by atoms with Gasteiger partial charge in [-0.25, -0.2) is 0 Å². The molecule has 0 aliphatic rings. The molecule has 0 radical (unpaired) electrons. The summed E-state index contributed by atoms with van der Waals surface area (Å²) in [4.78, 5) is 22.0. The van der Waals surface area contributed by atoms with Crippen LogP contribution in [0, 0.1) is 0 Å². The standard InChI is InChI=1S/C21H26ClN3O5/c1-14(26)24-16-3-6-19(7-4-16)29-10-9-23-12-18(28)13-30-21-8-5-17(11-20(21)22)25-15(2)27/h3-8,11,18,23,28H,9-10,12-13H2,1-2H3,(H,24,26)(H,25,27). The van der Waals surface area contributed by atoms with Crippen LogP contribution in [0.15, 0.2) is 42.5 Å². The molecule has 162 valence electrons. The number of nitrogens with one attached hydrogen (secondary N) is 3. The number of anilines is 2. The molecule has 2 aromatic rings. The molecule has 0 saturated heterocycles. The van der Waals surface area contributed by atoms with Gasteiger partial charge in [0, 0.05) is 38.3 Å². The summed E-state index contributed by atoms with van der Waals surface area (Å²) < 4.78 is 11.1. The third-order valence-corrected chi connectivity index (χ3v) is 4.08. The van der Waals surface area contributed by atoms with Crippen LogP contribution in [0.4, 0.5) is 11.4 Å². The molecular weight excluding hydrogens is 410 g/mol. The molecule has 0 heterocycles. The lowest BCUT2D eigenvalue weighted by Gasteiger charge is -2.15. The molecule has 0 aliphatic carbocycles. The van der Waals surface area contributed by atoms with Gasteiger partial charge in [-0.1, -0.05) is 11.6 Å². The summed E-state index contributed by atoms with van der Waals surface area (Å²) in [5, 5.41) is 18.8. The van der Waals surface area contributed by atoms with Crippen molar-refractivity contribution in [1.29, 1.82) is 0 Å². The van der Waals surface area contributed by atoms with E-state index in [1.165, 1.54) is 13.8 Å². The number of aliphatic hydroxyl groups is 1. The minimum atomic E-state index is -0.729. The Morgan fingerprint density at radius 1 is 1.00 bits per heavy atom. The van der Waals surface area contributed by atoms with E-state index in [0.717, 1.165) is 0 Å². The fourth-order valence-corrected chi connectivity index (χ4v) is 2.73. The van der Waals surface area contributed by atoms with Gasteiger partial charge in [0.1, 0.15) is 30.8 Å². The summed E-state index contributed by atoms with van der Waals surface area (Å²) in [7, 11) is 0. The van der Waals surface area contributed by atoms with Gasteiger partial charge in [-0.05, 0) is 42.5 Å². The topological polar surface area (TPSA) is 109 Å². The number of halogens is 1. The third-order valence-electron chi connectivity index (χ3n) is 3.79. The maximum absolute atomic E-state index is 11.1. The number of carbonyl (C=O) groups is 2. The molecule has 0 fully saturated rings. The number of amides is 2. The van der Waals surface area contributed by atoms with Gasteiger partial charge < -0.3 is 30.5 Å². The van der Waals surface area contributed by atoms with Crippen molar-refractivity contribution in [1.82, 2.24) is 5.32 Å². The Labute approximate surface area is 180 Å². The first-order valence-corrected chi connectivity index (χ1v) is 9.80. The van der Waals surface area contributed by atoms with E-state index in [-0.39, 0.29) is 18.4 Å². The second-order valence-corrected chi connectivity index (χ2v) is 6.96. The zero-order valence-corrected chi connectivity index (χ0v) is 17.7. The lowest BCUT2D eigenvalue weighted by Crippen LogP contribution is -2.33. The third kappa shape index (κ3) is 8.69. The minimum Gasteiger partial charge on any atom is -0.492 e. The van der Waals surface area contributed by atoms with Crippen LogP contribution < -0.4 is 25.4 Å². The van der Waals surface area contributed by atoms with Crippen molar-refractivity contribution in [2.24, 2.45) is 0 Å². The van der Waals surface area contributed by atoms with Crippen LogP contribution in [-0.4, -0.2) is 49.3 Å². The molecule has 0 aromatic heterocycles. The highest BCUT2D eigenvalue weighted by atomic mass is 35.5. The van der Waals surface area contributed by atoms with Crippen molar-refractivity contribution in [3.8, 4) is 11.5 Å². The van der Waals surface area contributed by atoms with E-state index in [1.807, 2.05) is 0 Å². The Balaban J connectivity index is 1.62. The van der Waals surface area contributed by atoms with E-state index in [2.05, 4.69) is 16.0 Å². The summed E-state index contributed by atoms with van der Waals surface area (Å²) in [5.74, 6) is 0.801. The first kappa shape index (κ1) is 23.5. The summed E-state index contributed by atoms with van der Waals surface area (Å²) in [6.07, 6.45) is -0.729. The van der Waals surface area contributed by atoms with Crippen LogP contribution in [0.1, 0.15) is 13.8 Å². The first-order valence-electron chi connectivity index (χ1n) is 9.42. The number of hydrogen-bond donors (Lipinski definition) is 4. The Kier molecular flexibility index (Phi) is 9.40. The van der Waals surface area contributed by atoms with E-state index in [9.17, 15) is 14.7 Å². The summed E-state index contributed by atoms with van der Waals surface area (Å²) in [6, 6.07) is 12.0. The second-order valence-electron chi connectivity index (χ2n) is 6.55. The number of rotatable bonds is 11. The molecule has 0 bridgehead atoms. The molecule has 2 aromatic carbocycles. The predicted molar refractivity (Wildman–Crippen MR) is 116 cm³/mol. The maximum atomic E-state index is 11.1. The average molecular weight is 436 g/mol. The number of aliphatic hydroxyl groups excluding tert-OH is 1. The van der Waals surface area contributed by atoms with E-state index in [0.29, 0.717) is 47.6 Å². The molecule has 8 nitrogen and oxygen atoms in total. The molecule has 0 aliphatic heterocycles. The summed E-state index contributed by atoms with van der Waals surface area (Å²) in [5.41, 5.74) is 1.28. The molecule has 9 heteroatoms. The summed E-state index contributed by atoms with van der Waals surface area (Å²) in [6.45, 7) is 4.22. The van der Waals surface area contributed by atoms with Gasteiger partial charge in [-0.3, -0.25) is 9.59 Å². The van der Waals surface area contributed by atoms with Crippen LogP contribution in [0.5, 0.6) is 11.5 Å². The highest BCUT2D eigenvalue weighted by Crippen LogP contribution is 2.27. The van der Waals surface area contributed by atoms with Crippen LogP contribution in [-0.2, 0) is 9.59 Å².